The van der Waals surface area contributed by atoms with Crippen molar-refractivity contribution in [2.24, 2.45) is 5.92 Å². The highest BCUT2D eigenvalue weighted by Crippen LogP contribution is 2.25. The predicted octanol–water partition coefficient (Wildman–Crippen LogP) is 4.57. The lowest BCUT2D eigenvalue weighted by atomic mass is 10.1. The summed E-state index contributed by atoms with van der Waals surface area (Å²) in [6.45, 7) is 6.78. The Kier molecular flexibility index (Phi) is 5.74. The minimum atomic E-state index is 0.711. The Morgan fingerprint density at radius 3 is 2.68 bits per heavy atom. The Labute approximate surface area is 120 Å². The summed E-state index contributed by atoms with van der Waals surface area (Å²) in [5, 5.41) is 6.15. The summed E-state index contributed by atoms with van der Waals surface area (Å²) in [6.07, 6.45) is 1.21. The Balaban J connectivity index is 1.87. The summed E-state index contributed by atoms with van der Waals surface area (Å²) < 4.78 is 0. The zero-order valence-corrected chi connectivity index (χ0v) is 12.7. The standard InChI is InChI=1S/C17H23NS/c1-3-10-18-12-14(2)13-19-17-9-8-15-6-4-5-7-16(15)11-17/h4-9,11,14,18H,3,10,12-13H2,1-2H3. The number of fused-ring (bicyclic) bond motifs is 1. The fourth-order valence-electron chi connectivity index (χ4n) is 2.08. The highest BCUT2D eigenvalue weighted by Gasteiger charge is 2.03. The lowest BCUT2D eigenvalue weighted by Crippen LogP contribution is -2.23. The van der Waals surface area contributed by atoms with Crippen LogP contribution in [0.15, 0.2) is 47.4 Å². The van der Waals surface area contributed by atoms with Crippen molar-refractivity contribution >= 4 is 22.5 Å². The number of nitrogens with one attached hydrogen (secondary N) is 1. The van der Waals surface area contributed by atoms with E-state index in [9.17, 15) is 0 Å². The molecule has 0 aliphatic heterocycles. The van der Waals surface area contributed by atoms with Crippen molar-refractivity contribution in [3.63, 3.8) is 0 Å². The van der Waals surface area contributed by atoms with Gasteiger partial charge in [-0.05, 0) is 48.3 Å². The molecule has 2 aromatic carbocycles. The molecular weight excluding hydrogens is 250 g/mol. The number of thioether (sulfide) groups is 1. The van der Waals surface area contributed by atoms with Gasteiger partial charge in [0.1, 0.15) is 0 Å². The Bertz CT molecular complexity index is 509. The molecule has 2 heteroatoms. The Hall–Kier alpha value is -0.990. The summed E-state index contributed by atoms with van der Waals surface area (Å²) in [4.78, 5) is 1.38. The molecule has 19 heavy (non-hydrogen) atoms. The van der Waals surface area contributed by atoms with Gasteiger partial charge in [0.15, 0.2) is 0 Å². The second kappa shape index (κ2) is 7.56. The molecule has 0 aliphatic carbocycles. The molecule has 0 aliphatic rings. The van der Waals surface area contributed by atoms with Gasteiger partial charge >= 0.3 is 0 Å². The van der Waals surface area contributed by atoms with Crippen molar-refractivity contribution in [1.29, 1.82) is 0 Å². The fraction of sp³-hybridized carbons (Fsp3) is 0.412. The van der Waals surface area contributed by atoms with E-state index >= 15 is 0 Å². The quantitative estimate of drug-likeness (QED) is 0.586. The molecule has 1 N–H and O–H groups in total. The molecule has 0 aromatic heterocycles. The van der Waals surface area contributed by atoms with Crippen molar-refractivity contribution < 1.29 is 0 Å². The molecule has 0 radical (unpaired) electrons. The minimum Gasteiger partial charge on any atom is -0.316 e. The molecule has 0 amide bonds. The molecule has 1 unspecified atom stereocenters. The van der Waals surface area contributed by atoms with E-state index in [1.165, 1.54) is 27.8 Å². The van der Waals surface area contributed by atoms with Gasteiger partial charge in [-0.15, -0.1) is 11.8 Å². The fourth-order valence-corrected chi connectivity index (χ4v) is 3.05. The summed E-state index contributed by atoms with van der Waals surface area (Å²) in [6, 6.07) is 15.3. The molecule has 1 nitrogen and oxygen atoms in total. The van der Waals surface area contributed by atoms with E-state index in [0.29, 0.717) is 5.92 Å². The molecule has 0 fully saturated rings. The van der Waals surface area contributed by atoms with Gasteiger partial charge in [-0.3, -0.25) is 0 Å². The van der Waals surface area contributed by atoms with Gasteiger partial charge < -0.3 is 5.32 Å². The molecule has 1 atom stereocenters. The van der Waals surface area contributed by atoms with Gasteiger partial charge in [0.2, 0.25) is 0 Å². The molecular formula is C17H23NS. The lowest BCUT2D eigenvalue weighted by Gasteiger charge is -2.12. The van der Waals surface area contributed by atoms with E-state index in [1.807, 2.05) is 11.8 Å². The van der Waals surface area contributed by atoms with Crippen LogP contribution in [0.4, 0.5) is 0 Å². The smallest absolute Gasteiger partial charge is 0.00784 e. The van der Waals surface area contributed by atoms with E-state index in [1.54, 1.807) is 0 Å². The first kappa shape index (κ1) is 14.4. The largest absolute Gasteiger partial charge is 0.316 e. The first-order chi connectivity index (χ1) is 9.29. The molecule has 2 aromatic rings. The van der Waals surface area contributed by atoms with Crippen LogP contribution in [-0.2, 0) is 0 Å². The molecule has 2 rings (SSSR count). The summed E-state index contributed by atoms with van der Waals surface area (Å²) >= 11 is 1.96. The Morgan fingerprint density at radius 1 is 1.11 bits per heavy atom. The molecule has 0 saturated heterocycles. The second-order valence-corrected chi connectivity index (χ2v) is 6.22. The van der Waals surface area contributed by atoms with Gasteiger partial charge in [-0.25, -0.2) is 0 Å². The maximum absolute atomic E-state index is 3.49. The van der Waals surface area contributed by atoms with Crippen molar-refractivity contribution in [2.45, 2.75) is 25.2 Å². The van der Waals surface area contributed by atoms with E-state index in [-0.39, 0.29) is 0 Å². The van der Waals surface area contributed by atoms with Crippen LogP contribution < -0.4 is 5.32 Å². The van der Waals surface area contributed by atoms with Crippen LogP contribution in [0.2, 0.25) is 0 Å². The summed E-state index contributed by atoms with van der Waals surface area (Å²) in [7, 11) is 0. The second-order valence-electron chi connectivity index (χ2n) is 5.13. The van der Waals surface area contributed by atoms with Gasteiger partial charge in [-0.2, -0.15) is 0 Å². The zero-order valence-electron chi connectivity index (χ0n) is 11.9. The van der Waals surface area contributed by atoms with Crippen LogP contribution in [0.5, 0.6) is 0 Å². The van der Waals surface area contributed by atoms with E-state index in [4.69, 9.17) is 0 Å². The highest BCUT2D eigenvalue weighted by atomic mass is 32.2. The first-order valence-corrected chi connectivity index (χ1v) is 8.10. The van der Waals surface area contributed by atoms with Gasteiger partial charge in [0.25, 0.3) is 0 Å². The first-order valence-electron chi connectivity index (χ1n) is 7.12. The van der Waals surface area contributed by atoms with Crippen molar-refractivity contribution in [1.82, 2.24) is 5.32 Å². The number of hydrogen-bond donors (Lipinski definition) is 1. The summed E-state index contributed by atoms with van der Waals surface area (Å²) in [5.74, 6) is 1.89. The normalized spacial score (nSPS) is 12.7. The van der Waals surface area contributed by atoms with Crippen LogP contribution in [0.25, 0.3) is 10.8 Å². The average Bonchev–Trinajstić information content (AvgIpc) is 2.45. The van der Waals surface area contributed by atoms with Gasteiger partial charge in [-0.1, -0.05) is 44.2 Å². The molecule has 102 valence electrons. The van der Waals surface area contributed by atoms with Crippen LogP contribution in [0.3, 0.4) is 0 Å². The predicted molar refractivity (Wildman–Crippen MR) is 87.0 cm³/mol. The monoisotopic (exact) mass is 273 g/mol. The Morgan fingerprint density at radius 2 is 1.89 bits per heavy atom. The van der Waals surface area contributed by atoms with Crippen molar-refractivity contribution in [3.8, 4) is 0 Å². The van der Waals surface area contributed by atoms with Crippen LogP contribution in [0, 0.1) is 5.92 Å². The topological polar surface area (TPSA) is 12.0 Å². The van der Waals surface area contributed by atoms with Crippen LogP contribution in [0.1, 0.15) is 20.3 Å². The SMILES string of the molecule is CCCNCC(C)CSc1ccc2ccccc2c1. The van der Waals surface area contributed by atoms with Crippen LogP contribution >= 0.6 is 11.8 Å². The van der Waals surface area contributed by atoms with Gasteiger partial charge in [0.05, 0.1) is 0 Å². The minimum absolute atomic E-state index is 0.711. The highest BCUT2D eigenvalue weighted by molar-refractivity contribution is 7.99. The molecule has 0 saturated carbocycles. The molecule has 0 bridgehead atoms. The van der Waals surface area contributed by atoms with E-state index in [0.717, 1.165) is 13.1 Å². The van der Waals surface area contributed by atoms with Crippen LogP contribution in [-0.4, -0.2) is 18.8 Å². The van der Waals surface area contributed by atoms with Crippen molar-refractivity contribution in [2.75, 3.05) is 18.8 Å². The third-order valence-electron chi connectivity index (χ3n) is 3.18. The molecule has 0 spiro atoms. The van der Waals surface area contributed by atoms with E-state index < -0.39 is 0 Å². The maximum Gasteiger partial charge on any atom is 0.00784 e. The van der Waals surface area contributed by atoms with Crippen molar-refractivity contribution in [3.05, 3.63) is 42.5 Å². The number of benzene rings is 2. The summed E-state index contributed by atoms with van der Waals surface area (Å²) in [5.41, 5.74) is 0. The third kappa shape index (κ3) is 4.55. The average molecular weight is 273 g/mol. The molecule has 0 heterocycles. The lowest BCUT2D eigenvalue weighted by molar-refractivity contribution is 0.557. The maximum atomic E-state index is 3.49. The van der Waals surface area contributed by atoms with Gasteiger partial charge in [0, 0.05) is 10.6 Å². The number of hydrogen-bond acceptors (Lipinski definition) is 2. The third-order valence-corrected chi connectivity index (χ3v) is 4.50. The number of rotatable bonds is 7. The van der Waals surface area contributed by atoms with E-state index in [2.05, 4.69) is 61.6 Å². The zero-order chi connectivity index (χ0) is 13.5.